The van der Waals surface area contributed by atoms with Crippen LogP contribution >= 0.6 is 11.8 Å². The molecule has 0 aliphatic carbocycles. The summed E-state index contributed by atoms with van der Waals surface area (Å²) >= 11 is 1.86. The molecule has 1 fully saturated rings. The van der Waals surface area contributed by atoms with Gasteiger partial charge in [0.25, 0.3) is 0 Å². The molecule has 1 saturated heterocycles. The molecular formula is C8H17NOS. The van der Waals surface area contributed by atoms with Gasteiger partial charge < -0.3 is 5.11 Å². The van der Waals surface area contributed by atoms with Crippen molar-refractivity contribution in [1.29, 1.82) is 0 Å². The number of likely N-dealkylation sites (tertiary alicyclic amines) is 1. The Kier molecular flexibility index (Phi) is 3.69. The second kappa shape index (κ2) is 4.33. The predicted octanol–water partition coefficient (Wildman–Crippen LogP) is 1.15. The molecule has 0 aromatic rings. The summed E-state index contributed by atoms with van der Waals surface area (Å²) in [5.41, 5.74) is 0. The van der Waals surface area contributed by atoms with Crippen LogP contribution in [0.5, 0.6) is 0 Å². The smallest absolute Gasteiger partial charge is 0.0567 e. The second-order valence-electron chi connectivity index (χ2n) is 3.26. The van der Waals surface area contributed by atoms with Crippen molar-refractivity contribution in [3.63, 3.8) is 0 Å². The largest absolute Gasteiger partial charge is 0.393 e. The van der Waals surface area contributed by atoms with Gasteiger partial charge >= 0.3 is 0 Å². The van der Waals surface area contributed by atoms with E-state index in [-0.39, 0.29) is 6.10 Å². The number of aliphatic hydroxyl groups excluding tert-OH is 1. The van der Waals surface area contributed by atoms with Gasteiger partial charge in [0.1, 0.15) is 0 Å². The van der Waals surface area contributed by atoms with E-state index in [1.165, 1.54) is 0 Å². The number of aliphatic hydroxyl groups is 1. The Morgan fingerprint density at radius 1 is 1.64 bits per heavy atom. The monoisotopic (exact) mass is 175 g/mol. The fourth-order valence-corrected chi connectivity index (χ4v) is 2.27. The van der Waals surface area contributed by atoms with Crippen molar-refractivity contribution in [3.8, 4) is 0 Å². The van der Waals surface area contributed by atoms with Crippen molar-refractivity contribution in [2.24, 2.45) is 0 Å². The van der Waals surface area contributed by atoms with E-state index in [1.807, 2.05) is 11.8 Å². The molecule has 11 heavy (non-hydrogen) atoms. The van der Waals surface area contributed by atoms with Crippen LogP contribution in [0.4, 0.5) is 0 Å². The number of hydrogen-bond acceptors (Lipinski definition) is 3. The van der Waals surface area contributed by atoms with E-state index in [2.05, 4.69) is 18.1 Å². The van der Waals surface area contributed by atoms with E-state index in [4.69, 9.17) is 0 Å². The van der Waals surface area contributed by atoms with Crippen LogP contribution in [0.15, 0.2) is 0 Å². The Hall–Kier alpha value is 0.270. The standard InChI is InChI=1S/C8H17NOS/c1-7-5-8(10)3-4-9(7)6-11-2/h7-8,10H,3-6H2,1-2H3. The van der Waals surface area contributed by atoms with Crippen molar-refractivity contribution >= 4 is 11.8 Å². The van der Waals surface area contributed by atoms with Crippen molar-refractivity contribution in [2.75, 3.05) is 18.7 Å². The summed E-state index contributed by atoms with van der Waals surface area (Å²) in [6.45, 7) is 3.25. The van der Waals surface area contributed by atoms with Crippen molar-refractivity contribution in [1.82, 2.24) is 4.90 Å². The first-order valence-corrected chi connectivity index (χ1v) is 5.54. The molecule has 1 rings (SSSR count). The summed E-state index contributed by atoms with van der Waals surface area (Å²) in [5, 5.41) is 9.33. The van der Waals surface area contributed by atoms with Gasteiger partial charge in [-0.1, -0.05) is 0 Å². The van der Waals surface area contributed by atoms with Crippen LogP contribution in [-0.4, -0.2) is 40.8 Å². The van der Waals surface area contributed by atoms with E-state index >= 15 is 0 Å². The van der Waals surface area contributed by atoms with Gasteiger partial charge in [0.05, 0.1) is 6.10 Å². The number of rotatable bonds is 2. The summed E-state index contributed by atoms with van der Waals surface area (Å²) in [5.74, 6) is 1.11. The van der Waals surface area contributed by atoms with Crippen molar-refractivity contribution in [3.05, 3.63) is 0 Å². The van der Waals surface area contributed by atoms with Crippen LogP contribution in [0.25, 0.3) is 0 Å². The highest BCUT2D eigenvalue weighted by atomic mass is 32.2. The van der Waals surface area contributed by atoms with Gasteiger partial charge in [0, 0.05) is 18.5 Å². The molecule has 0 spiro atoms. The average Bonchev–Trinajstić information content (AvgIpc) is 1.95. The fourth-order valence-electron chi connectivity index (χ4n) is 1.55. The highest BCUT2D eigenvalue weighted by molar-refractivity contribution is 7.98. The maximum Gasteiger partial charge on any atom is 0.0567 e. The molecule has 0 radical (unpaired) electrons. The number of hydrogen-bond donors (Lipinski definition) is 1. The van der Waals surface area contributed by atoms with Crippen LogP contribution in [-0.2, 0) is 0 Å². The zero-order valence-electron chi connectivity index (χ0n) is 7.29. The van der Waals surface area contributed by atoms with E-state index < -0.39 is 0 Å². The van der Waals surface area contributed by atoms with E-state index in [0.29, 0.717) is 6.04 Å². The van der Waals surface area contributed by atoms with E-state index in [1.54, 1.807) is 0 Å². The minimum Gasteiger partial charge on any atom is -0.393 e. The predicted molar refractivity (Wildman–Crippen MR) is 49.8 cm³/mol. The maximum absolute atomic E-state index is 9.33. The molecule has 0 aromatic heterocycles. The SMILES string of the molecule is CSCN1CCC(O)CC1C. The molecule has 66 valence electrons. The molecule has 0 saturated carbocycles. The average molecular weight is 175 g/mol. The molecular weight excluding hydrogens is 158 g/mol. The van der Waals surface area contributed by atoms with Crippen LogP contribution in [0.2, 0.25) is 0 Å². The summed E-state index contributed by atoms with van der Waals surface area (Å²) < 4.78 is 0. The lowest BCUT2D eigenvalue weighted by Gasteiger charge is -2.35. The molecule has 1 aliphatic heterocycles. The van der Waals surface area contributed by atoms with Gasteiger partial charge in [0.15, 0.2) is 0 Å². The topological polar surface area (TPSA) is 23.5 Å². The van der Waals surface area contributed by atoms with Gasteiger partial charge in [-0.2, -0.15) is 0 Å². The lowest BCUT2D eigenvalue weighted by molar-refractivity contribution is 0.0591. The molecule has 3 heteroatoms. The van der Waals surface area contributed by atoms with Gasteiger partial charge in [-0.05, 0) is 26.0 Å². The van der Waals surface area contributed by atoms with Gasteiger partial charge in [0.2, 0.25) is 0 Å². The maximum atomic E-state index is 9.33. The number of thioether (sulfide) groups is 1. The van der Waals surface area contributed by atoms with Crippen LogP contribution in [0.3, 0.4) is 0 Å². The molecule has 2 unspecified atom stereocenters. The quantitative estimate of drug-likeness (QED) is 0.681. The fraction of sp³-hybridized carbons (Fsp3) is 1.00. The minimum atomic E-state index is -0.0527. The third-order valence-electron chi connectivity index (χ3n) is 2.28. The molecule has 1 N–H and O–H groups in total. The summed E-state index contributed by atoms with van der Waals surface area (Å²) in [7, 11) is 0. The zero-order chi connectivity index (χ0) is 8.27. The van der Waals surface area contributed by atoms with Gasteiger partial charge in [-0.3, -0.25) is 4.90 Å². The summed E-state index contributed by atoms with van der Waals surface area (Å²) in [6.07, 6.45) is 3.96. The van der Waals surface area contributed by atoms with Crippen LogP contribution < -0.4 is 0 Å². The first-order valence-electron chi connectivity index (χ1n) is 4.15. The first-order chi connectivity index (χ1) is 5.24. The van der Waals surface area contributed by atoms with Gasteiger partial charge in [-0.25, -0.2) is 0 Å². The highest BCUT2D eigenvalue weighted by Crippen LogP contribution is 2.18. The van der Waals surface area contributed by atoms with E-state index in [9.17, 15) is 5.11 Å². The Morgan fingerprint density at radius 3 is 2.91 bits per heavy atom. The lowest BCUT2D eigenvalue weighted by Crippen LogP contribution is -2.42. The minimum absolute atomic E-state index is 0.0527. The van der Waals surface area contributed by atoms with E-state index in [0.717, 1.165) is 25.3 Å². The van der Waals surface area contributed by atoms with Crippen LogP contribution in [0, 0.1) is 0 Å². The Labute approximate surface area is 73.0 Å². The molecule has 0 bridgehead atoms. The molecule has 2 atom stereocenters. The number of piperidine rings is 1. The third-order valence-corrected chi connectivity index (χ3v) is 2.87. The van der Waals surface area contributed by atoms with Crippen molar-refractivity contribution in [2.45, 2.75) is 31.9 Å². The molecule has 1 heterocycles. The first kappa shape index (κ1) is 9.36. The molecule has 0 amide bonds. The van der Waals surface area contributed by atoms with Crippen LogP contribution in [0.1, 0.15) is 19.8 Å². The highest BCUT2D eigenvalue weighted by Gasteiger charge is 2.22. The summed E-state index contributed by atoms with van der Waals surface area (Å²) in [6, 6.07) is 0.561. The van der Waals surface area contributed by atoms with Crippen molar-refractivity contribution < 1.29 is 5.11 Å². The Bertz CT molecular complexity index is 121. The molecule has 2 nitrogen and oxygen atoms in total. The normalized spacial score (nSPS) is 34.1. The Morgan fingerprint density at radius 2 is 2.36 bits per heavy atom. The lowest BCUT2D eigenvalue weighted by atomic mass is 10.0. The zero-order valence-corrected chi connectivity index (χ0v) is 8.10. The molecule has 0 aromatic carbocycles. The Balaban J connectivity index is 2.31. The number of nitrogens with zero attached hydrogens (tertiary/aromatic N) is 1. The van der Waals surface area contributed by atoms with Gasteiger partial charge in [-0.15, -0.1) is 11.8 Å². The molecule has 1 aliphatic rings. The summed E-state index contributed by atoms with van der Waals surface area (Å²) in [4.78, 5) is 2.43. The third kappa shape index (κ3) is 2.65. The second-order valence-corrected chi connectivity index (χ2v) is 4.09.